The second kappa shape index (κ2) is 7.64. The first-order chi connectivity index (χ1) is 12.5. The fourth-order valence-electron chi connectivity index (χ4n) is 2.47. The van der Waals surface area contributed by atoms with Gasteiger partial charge < -0.3 is 10.6 Å². The number of nitrogens with one attached hydrogen (secondary N) is 2. The van der Waals surface area contributed by atoms with Gasteiger partial charge in [0.15, 0.2) is 5.69 Å². The molecule has 1 aromatic carbocycles. The Morgan fingerprint density at radius 1 is 1.12 bits per heavy atom. The molecule has 0 spiro atoms. The minimum Gasteiger partial charge on any atom is -0.326 e. The van der Waals surface area contributed by atoms with Gasteiger partial charge in [0.05, 0.1) is 0 Å². The summed E-state index contributed by atoms with van der Waals surface area (Å²) in [6, 6.07) is 10.5. The van der Waals surface area contributed by atoms with E-state index in [2.05, 4.69) is 20.8 Å². The van der Waals surface area contributed by atoms with E-state index in [0.29, 0.717) is 30.0 Å². The lowest BCUT2D eigenvalue weighted by Crippen LogP contribution is -2.16. The second-order valence-electron chi connectivity index (χ2n) is 5.90. The Morgan fingerprint density at radius 2 is 1.88 bits per heavy atom. The highest BCUT2D eigenvalue weighted by atomic mass is 16.2. The zero-order valence-corrected chi connectivity index (χ0v) is 14.6. The van der Waals surface area contributed by atoms with Crippen LogP contribution < -0.4 is 10.6 Å². The molecule has 0 bridgehead atoms. The summed E-state index contributed by atoms with van der Waals surface area (Å²) in [7, 11) is 1.75. The maximum atomic E-state index is 12.1. The third-order valence-corrected chi connectivity index (χ3v) is 3.83. The molecule has 0 aliphatic carbocycles. The van der Waals surface area contributed by atoms with Gasteiger partial charge in [-0.2, -0.15) is 10.2 Å². The lowest BCUT2D eigenvalue weighted by molar-refractivity contribution is -0.116. The van der Waals surface area contributed by atoms with Crippen LogP contribution in [0.25, 0.3) is 0 Å². The van der Waals surface area contributed by atoms with E-state index in [-0.39, 0.29) is 11.8 Å². The summed E-state index contributed by atoms with van der Waals surface area (Å²) in [4.78, 5) is 24.3. The number of hydrogen-bond donors (Lipinski definition) is 2. The molecule has 0 saturated carbocycles. The van der Waals surface area contributed by atoms with Crippen LogP contribution in [0.3, 0.4) is 0 Å². The number of carbonyl (C=O) groups excluding carboxylic acids is 2. The van der Waals surface area contributed by atoms with Crippen molar-refractivity contribution in [2.75, 3.05) is 10.6 Å². The van der Waals surface area contributed by atoms with Crippen molar-refractivity contribution in [3.63, 3.8) is 0 Å². The molecule has 2 N–H and O–H groups in total. The van der Waals surface area contributed by atoms with Gasteiger partial charge in [-0.25, -0.2) is 0 Å². The lowest BCUT2D eigenvalue weighted by atomic mass is 10.2. The van der Waals surface area contributed by atoms with Crippen LogP contribution in [-0.4, -0.2) is 31.4 Å². The molecule has 0 radical (unpaired) electrons. The summed E-state index contributed by atoms with van der Waals surface area (Å²) >= 11 is 0. The zero-order chi connectivity index (χ0) is 18.5. The molecule has 0 aliphatic heterocycles. The molecule has 26 heavy (non-hydrogen) atoms. The molecule has 2 amide bonds. The quantitative estimate of drug-likeness (QED) is 0.711. The molecule has 3 rings (SSSR count). The van der Waals surface area contributed by atoms with Crippen LogP contribution in [-0.2, 0) is 18.4 Å². The monoisotopic (exact) mass is 352 g/mol. The van der Waals surface area contributed by atoms with Crippen molar-refractivity contribution in [1.82, 2.24) is 19.6 Å². The molecule has 8 nitrogen and oxygen atoms in total. The Balaban J connectivity index is 1.57. The number of rotatable bonds is 6. The van der Waals surface area contributed by atoms with Crippen molar-refractivity contribution in [3.05, 3.63) is 60.2 Å². The van der Waals surface area contributed by atoms with Gasteiger partial charge in [-0.1, -0.05) is 6.07 Å². The molecular weight excluding hydrogens is 332 g/mol. The number of amides is 2. The first-order valence-corrected chi connectivity index (χ1v) is 8.20. The van der Waals surface area contributed by atoms with E-state index in [1.807, 2.05) is 13.0 Å². The largest absolute Gasteiger partial charge is 0.326 e. The van der Waals surface area contributed by atoms with E-state index in [0.717, 1.165) is 5.69 Å². The van der Waals surface area contributed by atoms with Crippen molar-refractivity contribution in [1.29, 1.82) is 0 Å². The average molecular weight is 352 g/mol. The summed E-state index contributed by atoms with van der Waals surface area (Å²) in [5.74, 6) is -0.420. The van der Waals surface area contributed by atoms with Crippen LogP contribution >= 0.6 is 0 Å². The minimum absolute atomic E-state index is 0.117. The predicted molar refractivity (Wildman–Crippen MR) is 97.8 cm³/mol. The topological polar surface area (TPSA) is 93.8 Å². The SMILES string of the molecule is Cc1ccnn1CCC(=O)Nc1cccc(NC(=O)c2ccn(C)n2)c1. The molecule has 8 heteroatoms. The smallest absolute Gasteiger partial charge is 0.276 e. The zero-order valence-electron chi connectivity index (χ0n) is 14.6. The van der Waals surface area contributed by atoms with Gasteiger partial charge in [0.2, 0.25) is 5.91 Å². The standard InChI is InChI=1S/C18H20N6O2/c1-13-6-9-19-24(13)11-8-17(25)20-14-4-3-5-15(12-14)21-18(26)16-7-10-23(2)22-16/h3-7,9-10,12H,8,11H2,1-2H3,(H,20,25)(H,21,26). The van der Waals surface area contributed by atoms with Crippen LogP contribution in [0.2, 0.25) is 0 Å². The van der Waals surface area contributed by atoms with Crippen LogP contribution in [0.5, 0.6) is 0 Å². The van der Waals surface area contributed by atoms with E-state index < -0.39 is 0 Å². The van der Waals surface area contributed by atoms with E-state index in [9.17, 15) is 9.59 Å². The van der Waals surface area contributed by atoms with E-state index in [4.69, 9.17) is 0 Å². The van der Waals surface area contributed by atoms with Crippen LogP contribution in [0.15, 0.2) is 48.8 Å². The number of nitrogens with zero attached hydrogens (tertiary/aromatic N) is 4. The molecule has 2 heterocycles. The molecule has 0 saturated heterocycles. The lowest BCUT2D eigenvalue weighted by Gasteiger charge is -2.09. The summed E-state index contributed by atoms with van der Waals surface area (Å²) in [5, 5.41) is 13.8. The highest BCUT2D eigenvalue weighted by Crippen LogP contribution is 2.16. The molecule has 0 fully saturated rings. The normalized spacial score (nSPS) is 10.5. The number of carbonyl (C=O) groups is 2. The van der Waals surface area contributed by atoms with E-state index in [1.165, 1.54) is 0 Å². The van der Waals surface area contributed by atoms with Gasteiger partial charge in [-0.15, -0.1) is 0 Å². The number of aryl methyl sites for hydroxylation is 3. The Hall–Kier alpha value is -3.42. The first kappa shape index (κ1) is 17.4. The third kappa shape index (κ3) is 4.35. The molecule has 3 aromatic rings. The summed E-state index contributed by atoms with van der Waals surface area (Å²) in [6.45, 7) is 2.46. The van der Waals surface area contributed by atoms with Crippen molar-refractivity contribution < 1.29 is 9.59 Å². The fraction of sp³-hybridized carbons (Fsp3) is 0.222. The molecular formula is C18H20N6O2. The summed E-state index contributed by atoms with van der Waals surface area (Å²) in [5.41, 5.74) is 2.54. The minimum atomic E-state index is -0.303. The van der Waals surface area contributed by atoms with Gasteiger partial charge in [-0.05, 0) is 37.3 Å². The first-order valence-electron chi connectivity index (χ1n) is 8.20. The van der Waals surface area contributed by atoms with Gasteiger partial charge >= 0.3 is 0 Å². The highest BCUT2D eigenvalue weighted by Gasteiger charge is 2.10. The molecule has 134 valence electrons. The number of benzene rings is 1. The van der Waals surface area contributed by atoms with Crippen LogP contribution in [0.4, 0.5) is 11.4 Å². The van der Waals surface area contributed by atoms with Gasteiger partial charge in [0.25, 0.3) is 5.91 Å². The van der Waals surface area contributed by atoms with Crippen molar-refractivity contribution in [2.45, 2.75) is 19.9 Å². The van der Waals surface area contributed by atoms with Gasteiger partial charge in [0.1, 0.15) is 0 Å². The summed E-state index contributed by atoms with van der Waals surface area (Å²) in [6.07, 6.45) is 3.72. The fourth-order valence-corrected chi connectivity index (χ4v) is 2.47. The molecule has 0 atom stereocenters. The maximum absolute atomic E-state index is 12.1. The Kier molecular flexibility index (Phi) is 5.12. The van der Waals surface area contributed by atoms with Crippen LogP contribution in [0.1, 0.15) is 22.6 Å². The van der Waals surface area contributed by atoms with Crippen LogP contribution in [0, 0.1) is 6.92 Å². The second-order valence-corrected chi connectivity index (χ2v) is 5.90. The highest BCUT2D eigenvalue weighted by molar-refractivity contribution is 6.03. The number of anilines is 2. The van der Waals surface area contributed by atoms with E-state index in [1.54, 1.807) is 59.1 Å². The van der Waals surface area contributed by atoms with Gasteiger partial charge in [0, 0.05) is 49.5 Å². The Bertz CT molecular complexity index is 927. The predicted octanol–water partition coefficient (Wildman–Crippen LogP) is 2.21. The average Bonchev–Trinajstić information content (AvgIpc) is 3.21. The molecule has 2 aromatic heterocycles. The Labute approximate surface area is 150 Å². The van der Waals surface area contributed by atoms with E-state index >= 15 is 0 Å². The summed E-state index contributed by atoms with van der Waals surface area (Å²) < 4.78 is 3.34. The third-order valence-electron chi connectivity index (χ3n) is 3.83. The van der Waals surface area contributed by atoms with Crippen molar-refractivity contribution in [3.8, 4) is 0 Å². The Morgan fingerprint density at radius 3 is 2.54 bits per heavy atom. The number of hydrogen-bond acceptors (Lipinski definition) is 4. The van der Waals surface area contributed by atoms with Crippen molar-refractivity contribution in [2.24, 2.45) is 7.05 Å². The van der Waals surface area contributed by atoms with Crippen molar-refractivity contribution >= 4 is 23.2 Å². The molecule has 0 unspecified atom stereocenters. The number of aromatic nitrogens is 4. The van der Waals surface area contributed by atoms with Gasteiger partial charge in [-0.3, -0.25) is 19.0 Å². The maximum Gasteiger partial charge on any atom is 0.276 e. The molecule has 0 aliphatic rings.